The lowest BCUT2D eigenvalue weighted by molar-refractivity contribution is 0.381. The van der Waals surface area contributed by atoms with Gasteiger partial charge < -0.3 is 4.90 Å². The lowest BCUT2D eigenvalue weighted by Gasteiger charge is -2.34. The lowest BCUT2D eigenvalue weighted by atomic mass is 10.1. The molecule has 1 saturated carbocycles. The van der Waals surface area contributed by atoms with Crippen molar-refractivity contribution >= 4 is 15.8 Å². The van der Waals surface area contributed by atoms with Crippen molar-refractivity contribution in [1.29, 1.82) is 0 Å². The first-order chi connectivity index (χ1) is 12.1. The molecular weight excluding hydrogens is 343 g/mol. The van der Waals surface area contributed by atoms with Crippen molar-refractivity contribution in [1.82, 2.24) is 14.3 Å². The van der Waals surface area contributed by atoms with E-state index in [1.165, 1.54) is 10.6 Å². The van der Waals surface area contributed by atoms with Crippen molar-refractivity contribution in [3.8, 4) is 11.3 Å². The Morgan fingerprint density at radius 2 is 1.68 bits per heavy atom. The molecule has 0 N–H and O–H groups in total. The average molecular weight is 362 g/mol. The van der Waals surface area contributed by atoms with Crippen molar-refractivity contribution in [2.45, 2.75) is 18.1 Å². The van der Waals surface area contributed by atoms with Crippen LogP contribution in [0, 0.1) is 5.82 Å². The Hall–Kier alpha value is -2.06. The first-order valence-corrected chi connectivity index (χ1v) is 9.87. The van der Waals surface area contributed by atoms with Crippen LogP contribution in [0.2, 0.25) is 0 Å². The average Bonchev–Trinajstić information content (AvgIpc) is 3.49. The highest BCUT2D eigenvalue weighted by molar-refractivity contribution is 7.90. The molecule has 2 fully saturated rings. The summed E-state index contributed by atoms with van der Waals surface area (Å²) in [4.78, 5) is 9.96. The number of sulfonamides is 1. The smallest absolute Gasteiger partial charge is 0.217 e. The van der Waals surface area contributed by atoms with E-state index in [4.69, 9.17) is 0 Å². The van der Waals surface area contributed by atoms with Crippen LogP contribution in [-0.2, 0) is 10.0 Å². The summed E-state index contributed by atoms with van der Waals surface area (Å²) in [6, 6.07) is 9.13. The zero-order valence-electron chi connectivity index (χ0n) is 13.7. The number of nitrogens with zero attached hydrogens (tertiary/aromatic N) is 4. The minimum atomic E-state index is -3.18. The Morgan fingerprint density at radius 3 is 2.32 bits per heavy atom. The first-order valence-electron chi connectivity index (χ1n) is 8.37. The van der Waals surface area contributed by atoms with Crippen LogP contribution in [0.15, 0.2) is 36.7 Å². The predicted octanol–water partition coefficient (Wildman–Crippen LogP) is 1.90. The summed E-state index contributed by atoms with van der Waals surface area (Å²) >= 11 is 0. The minimum absolute atomic E-state index is 0.209. The molecule has 0 amide bonds. The molecule has 8 heteroatoms. The molecule has 1 aliphatic heterocycles. The van der Waals surface area contributed by atoms with Gasteiger partial charge in [-0.3, -0.25) is 0 Å². The molecule has 1 saturated heterocycles. The van der Waals surface area contributed by atoms with E-state index in [0.717, 1.165) is 12.8 Å². The molecule has 1 aliphatic carbocycles. The van der Waals surface area contributed by atoms with Gasteiger partial charge >= 0.3 is 0 Å². The van der Waals surface area contributed by atoms with Crippen LogP contribution in [-0.4, -0.2) is 54.1 Å². The number of hydrogen-bond acceptors (Lipinski definition) is 5. The van der Waals surface area contributed by atoms with Crippen molar-refractivity contribution in [2.24, 2.45) is 0 Å². The highest BCUT2D eigenvalue weighted by atomic mass is 32.2. The summed E-state index contributed by atoms with van der Waals surface area (Å²) in [5.74, 6) is -0.232. The molecule has 2 aromatic rings. The molecule has 0 spiro atoms. The Morgan fingerprint density at radius 1 is 1.00 bits per heavy atom. The number of rotatable bonds is 4. The van der Waals surface area contributed by atoms with E-state index >= 15 is 0 Å². The maximum atomic E-state index is 14.9. The van der Waals surface area contributed by atoms with E-state index in [1.54, 1.807) is 17.0 Å². The highest BCUT2D eigenvalue weighted by Crippen LogP contribution is 2.32. The third-order valence-corrected chi connectivity index (χ3v) is 7.06. The molecule has 0 atom stereocenters. The highest BCUT2D eigenvalue weighted by Gasteiger charge is 2.41. The normalized spacial score (nSPS) is 19.2. The molecule has 2 heterocycles. The van der Waals surface area contributed by atoms with Crippen LogP contribution in [0.4, 0.5) is 10.2 Å². The van der Waals surface area contributed by atoms with Crippen molar-refractivity contribution in [3.05, 3.63) is 42.5 Å². The molecule has 1 aromatic carbocycles. The fraction of sp³-hybridized carbons (Fsp3) is 0.412. The van der Waals surface area contributed by atoms with Gasteiger partial charge in [0.25, 0.3) is 0 Å². The third kappa shape index (κ3) is 3.11. The van der Waals surface area contributed by atoms with Crippen molar-refractivity contribution in [3.63, 3.8) is 0 Å². The summed E-state index contributed by atoms with van der Waals surface area (Å²) < 4.78 is 41.0. The van der Waals surface area contributed by atoms with Crippen LogP contribution in [0.3, 0.4) is 0 Å². The largest absolute Gasteiger partial charge is 0.351 e. The molecule has 0 radical (unpaired) electrons. The summed E-state index contributed by atoms with van der Waals surface area (Å²) in [7, 11) is -3.18. The van der Waals surface area contributed by atoms with Gasteiger partial charge in [-0.25, -0.2) is 22.8 Å². The fourth-order valence-corrected chi connectivity index (χ4v) is 4.94. The van der Waals surface area contributed by atoms with E-state index in [0.29, 0.717) is 31.7 Å². The van der Waals surface area contributed by atoms with Gasteiger partial charge in [-0.15, -0.1) is 0 Å². The Balaban J connectivity index is 1.54. The van der Waals surface area contributed by atoms with Crippen molar-refractivity contribution < 1.29 is 12.8 Å². The van der Waals surface area contributed by atoms with E-state index in [2.05, 4.69) is 9.97 Å². The maximum absolute atomic E-state index is 14.9. The van der Waals surface area contributed by atoms with Gasteiger partial charge in [-0.05, 0) is 12.8 Å². The van der Waals surface area contributed by atoms with E-state index in [9.17, 15) is 12.8 Å². The maximum Gasteiger partial charge on any atom is 0.217 e. The Kier molecular flexibility index (Phi) is 4.16. The molecule has 132 valence electrons. The van der Waals surface area contributed by atoms with Gasteiger partial charge in [0.1, 0.15) is 12.0 Å². The molecule has 0 unspecified atom stereocenters. The van der Waals surface area contributed by atoms with Gasteiger partial charge in [0, 0.05) is 31.7 Å². The monoisotopic (exact) mass is 362 g/mol. The van der Waals surface area contributed by atoms with Gasteiger partial charge in [-0.1, -0.05) is 30.3 Å². The molecule has 25 heavy (non-hydrogen) atoms. The van der Waals surface area contributed by atoms with E-state index in [1.807, 2.05) is 18.2 Å². The van der Waals surface area contributed by atoms with Gasteiger partial charge in [0.05, 0.1) is 5.25 Å². The quantitative estimate of drug-likeness (QED) is 0.831. The number of aromatic nitrogens is 2. The van der Waals surface area contributed by atoms with E-state index < -0.39 is 15.8 Å². The number of hydrogen-bond donors (Lipinski definition) is 0. The van der Waals surface area contributed by atoms with Crippen molar-refractivity contribution in [2.75, 3.05) is 31.1 Å². The lowest BCUT2D eigenvalue weighted by Crippen LogP contribution is -2.50. The summed E-state index contributed by atoms with van der Waals surface area (Å²) in [5, 5.41) is -0.209. The Labute approximate surface area is 146 Å². The third-order valence-electron chi connectivity index (χ3n) is 4.66. The number of benzene rings is 1. The molecular formula is C17H19FN4O2S. The minimum Gasteiger partial charge on any atom is -0.351 e. The number of halogens is 1. The fourth-order valence-electron chi connectivity index (χ4n) is 3.11. The van der Waals surface area contributed by atoms with Gasteiger partial charge in [0.15, 0.2) is 11.6 Å². The first kappa shape index (κ1) is 16.4. The summed E-state index contributed by atoms with van der Waals surface area (Å²) in [5.41, 5.74) is 0.956. The summed E-state index contributed by atoms with van der Waals surface area (Å²) in [6.07, 6.45) is 2.86. The van der Waals surface area contributed by atoms with Crippen LogP contribution in [0.5, 0.6) is 0 Å². The van der Waals surface area contributed by atoms with Crippen LogP contribution in [0.25, 0.3) is 11.3 Å². The zero-order chi connectivity index (χ0) is 17.4. The van der Waals surface area contributed by atoms with Gasteiger partial charge in [-0.2, -0.15) is 4.31 Å². The van der Waals surface area contributed by atoms with Gasteiger partial charge in [0.2, 0.25) is 10.0 Å². The summed E-state index contributed by atoms with van der Waals surface area (Å²) in [6.45, 7) is 1.58. The second kappa shape index (κ2) is 6.34. The molecule has 1 aromatic heterocycles. The van der Waals surface area contributed by atoms with Crippen LogP contribution in [0.1, 0.15) is 12.8 Å². The molecule has 6 nitrogen and oxygen atoms in total. The topological polar surface area (TPSA) is 66.4 Å². The standard InChI is InChI=1S/C17H19FN4O2S/c18-15-16(13-4-2-1-3-5-13)19-12-20-17(15)21-8-10-22(11-9-21)25(23,24)14-6-7-14/h1-5,12,14H,6-11H2. The van der Waals surface area contributed by atoms with Crippen LogP contribution < -0.4 is 4.90 Å². The van der Waals surface area contributed by atoms with E-state index in [-0.39, 0.29) is 16.8 Å². The van der Waals surface area contributed by atoms with Crippen LogP contribution >= 0.6 is 0 Å². The second-order valence-electron chi connectivity index (χ2n) is 6.36. The second-order valence-corrected chi connectivity index (χ2v) is 8.57. The molecule has 0 bridgehead atoms. The molecule has 2 aliphatic rings. The molecule has 4 rings (SSSR count). The number of piperazine rings is 1. The predicted molar refractivity (Wildman–Crippen MR) is 93.2 cm³/mol. The number of anilines is 1. The Bertz CT molecular complexity index is 863. The zero-order valence-corrected chi connectivity index (χ0v) is 14.5. The SMILES string of the molecule is O=S(=O)(C1CC1)N1CCN(c2ncnc(-c3ccccc3)c2F)CC1.